The summed E-state index contributed by atoms with van der Waals surface area (Å²) in [6.07, 6.45) is 2.90. The average molecular weight is 489 g/mol. The van der Waals surface area contributed by atoms with Crippen LogP contribution < -0.4 is 16.0 Å². The Morgan fingerprint density at radius 1 is 1.14 bits per heavy atom. The van der Waals surface area contributed by atoms with Crippen molar-refractivity contribution in [2.45, 2.75) is 45.9 Å². The number of ether oxygens (including phenoxy) is 2. The highest BCUT2D eigenvalue weighted by atomic mass is 16.5. The highest BCUT2D eigenvalue weighted by Gasteiger charge is 2.25. The van der Waals surface area contributed by atoms with Crippen LogP contribution in [-0.4, -0.2) is 44.3 Å². The molecular formula is C27H28N4O5. The number of Topliss-reactive ketones (excluding diaryl/α,β-unsaturated/α-hetero) is 1. The van der Waals surface area contributed by atoms with Crippen LogP contribution in [0.3, 0.4) is 0 Å². The summed E-state index contributed by atoms with van der Waals surface area (Å²) in [4.78, 5) is 45.0. The summed E-state index contributed by atoms with van der Waals surface area (Å²) in [5, 5.41) is 0. The molecule has 0 N–H and O–H groups in total. The molecule has 4 aromatic rings. The van der Waals surface area contributed by atoms with Crippen molar-refractivity contribution in [3.63, 3.8) is 0 Å². The molecule has 0 aliphatic carbocycles. The van der Waals surface area contributed by atoms with Crippen molar-refractivity contribution in [3.05, 3.63) is 86.3 Å². The van der Waals surface area contributed by atoms with Gasteiger partial charge in [-0.25, -0.2) is 14.3 Å². The number of imidazole rings is 1. The molecule has 1 saturated heterocycles. The van der Waals surface area contributed by atoms with Crippen molar-refractivity contribution in [2.24, 2.45) is 0 Å². The van der Waals surface area contributed by atoms with Gasteiger partial charge in [0, 0.05) is 12.2 Å². The van der Waals surface area contributed by atoms with Gasteiger partial charge in [0.05, 0.1) is 38.3 Å². The standard InChI is InChI=1S/C27H28N4O5/c1-17-7-4-8-18(2)23(17)31-25-24(26(33)30(27(31)34)14-21-11-6-12-36-21)29(16-28-25)15-22(32)19-9-5-10-20(13-19)35-3/h4-5,7-10,13,16,21H,6,11-12,14-15H2,1-3H3. The van der Waals surface area contributed by atoms with E-state index in [0.29, 0.717) is 23.6 Å². The number of aromatic nitrogens is 4. The number of nitrogens with zero attached hydrogens (tertiary/aromatic N) is 4. The molecule has 1 atom stereocenters. The van der Waals surface area contributed by atoms with E-state index in [4.69, 9.17) is 9.47 Å². The molecule has 0 spiro atoms. The first-order chi connectivity index (χ1) is 17.4. The second-order valence-corrected chi connectivity index (χ2v) is 9.11. The fourth-order valence-corrected chi connectivity index (χ4v) is 4.86. The number of rotatable bonds is 7. The SMILES string of the molecule is COc1cccc(C(=O)Cn2cnc3c2c(=O)n(CC2CCCO2)c(=O)n3-c2c(C)cccc2C)c1. The van der Waals surface area contributed by atoms with Gasteiger partial charge in [-0.05, 0) is 49.9 Å². The maximum absolute atomic E-state index is 13.8. The molecule has 1 unspecified atom stereocenters. The van der Waals surface area contributed by atoms with Gasteiger partial charge in [0.1, 0.15) is 5.75 Å². The molecule has 1 fully saturated rings. The molecule has 5 rings (SSSR count). The Balaban J connectivity index is 1.70. The summed E-state index contributed by atoms with van der Waals surface area (Å²) in [6.45, 7) is 4.48. The van der Waals surface area contributed by atoms with Crippen LogP contribution in [0.1, 0.15) is 34.3 Å². The normalized spacial score (nSPS) is 15.5. The molecule has 3 heterocycles. The van der Waals surface area contributed by atoms with E-state index >= 15 is 0 Å². The first kappa shape index (κ1) is 23.7. The third-order valence-corrected chi connectivity index (χ3v) is 6.68. The number of aryl methyl sites for hydroxylation is 2. The highest BCUT2D eigenvalue weighted by molar-refractivity contribution is 5.97. The predicted octanol–water partition coefficient (Wildman–Crippen LogP) is 3.04. The van der Waals surface area contributed by atoms with Crippen LogP contribution in [0.5, 0.6) is 5.75 Å². The Hall–Kier alpha value is -3.98. The van der Waals surface area contributed by atoms with Gasteiger partial charge in [0.15, 0.2) is 16.9 Å². The van der Waals surface area contributed by atoms with Gasteiger partial charge in [0.25, 0.3) is 5.56 Å². The number of carbonyl (C=O) groups is 1. The molecular weight excluding hydrogens is 460 g/mol. The van der Waals surface area contributed by atoms with Gasteiger partial charge in [-0.2, -0.15) is 0 Å². The van der Waals surface area contributed by atoms with E-state index in [0.717, 1.165) is 24.0 Å². The number of hydrogen-bond donors (Lipinski definition) is 0. The molecule has 0 saturated carbocycles. The van der Waals surface area contributed by atoms with E-state index in [2.05, 4.69) is 4.98 Å². The minimum atomic E-state index is -0.482. The Morgan fingerprint density at radius 2 is 1.89 bits per heavy atom. The van der Waals surface area contributed by atoms with Crippen molar-refractivity contribution in [1.29, 1.82) is 0 Å². The van der Waals surface area contributed by atoms with E-state index in [1.807, 2.05) is 32.0 Å². The monoisotopic (exact) mass is 488 g/mol. The van der Waals surface area contributed by atoms with E-state index in [1.165, 1.54) is 27.1 Å². The molecule has 2 aromatic carbocycles. The summed E-state index contributed by atoms with van der Waals surface area (Å²) in [7, 11) is 1.54. The average Bonchev–Trinajstić information content (AvgIpc) is 3.54. The summed E-state index contributed by atoms with van der Waals surface area (Å²) in [6, 6.07) is 12.6. The second kappa shape index (κ2) is 9.58. The van der Waals surface area contributed by atoms with Crippen LogP contribution >= 0.6 is 0 Å². The molecule has 9 nitrogen and oxygen atoms in total. The van der Waals surface area contributed by atoms with Crippen LogP contribution in [0.2, 0.25) is 0 Å². The molecule has 1 aliphatic heterocycles. The Kier molecular flexibility index (Phi) is 6.32. The van der Waals surface area contributed by atoms with Gasteiger partial charge in [0.2, 0.25) is 0 Å². The molecule has 36 heavy (non-hydrogen) atoms. The van der Waals surface area contributed by atoms with E-state index in [-0.39, 0.29) is 36.1 Å². The van der Waals surface area contributed by atoms with Gasteiger partial charge in [-0.3, -0.25) is 14.2 Å². The summed E-state index contributed by atoms with van der Waals surface area (Å²) >= 11 is 0. The van der Waals surface area contributed by atoms with Crippen molar-refractivity contribution < 1.29 is 14.3 Å². The van der Waals surface area contributed by atoms with Crippen molar-refractivity contribution in [2.75, 3.05) is 13.7 Å². The fraction of sp³-hybridized carbons (Fsp3) is 0.333. The summed E-state index contributed by atoms with van der Waals surface area (Å²) in [5.41, 5.74) is 2.37. The minimum Gasteiger partial charge on any atom is -0.497 e. The van der Waals surface area contributed by atoms with E-state index in [1.54, 1.807) is 24.3 Å². The zero-order valence-corrected chi connectivity index (χ0v) is 20.6. The van der Waals surface area contributed by atoms with Crippen LogP contribution in [0.4, 0.5) is 0 Å². The number of ketones is 1. The molecule has 9 heteroatoms. The topological polar surface area (TPSA) is 97.4 Å². The number of hydrogen-bond acceptors (Lipinski definition) is 6. The van der Waals surface area contributed by atoms with Gasteiger partial charge in [-0.15, -0.1) is 0 Å². The Morgan fingerprint density at radius 3 is 2.58 bits per heavy atom. The second-order valence-electron chi connectivity index (χ2n) is 9.11. The van der Waals surface area contributed by atoms with Gasteiger partial charge < -0.3 is 14.0 Å². The lowest BCUT2D eigenvalue weighted by atomic mass is 10.1. The van der Waals surface area contributed by atoms with E-state index in [9.17, 15) is 14.4 Å². The first-order valence-electron chi connectivity index (χ1n) is 11.9. The molecule has 2 aromatic heterocycles. The lowest BCUT2D eigenvalue weighted by Crippen LogP contribution is -2.42. The van der Waals surface area contributed by atoms with Crippen LogP contribution in [-0.2, 0) is 17.8 Å². The maximum atomic E-state index is 13.8. The van der Waals surface area contributed by atoms with Gasteiger partial charge >= 0.3 is 5.69 Å². The Bertz CT molecular complexity index is 1550. The van der Waals surface area contributed by atoms with E-state index < -0.39 is 11.2 Å². The predicted molar refractivity (Wildman–Crippen MR) is 135 cm³/mol. The summed E-state index contributed by atoms with van der Waals surface area (Å²) < 4.78 is 15.2. The summed E-state index contributed by atoms with van der Waals surface area (Å²) in [5.74, 6) is 0.363. The fourth-order valence-electron chi connectivity index (χ4n) is 4.86. The number of para-hydroxylation sites is 1. The largest absolute Gasteiger partial charge is 0.497 e. The molecule has 1 aliphatic rings. The third kappa shape index (κ3) is 4.15. The molecule has 0 radical (unpaired) electrons. The number of carbonyl (C=O) groups excluding carboxylic acids is 1. The maximum Gasteiger partial charge on any atom is 0.337 e. The van der Waals surface area contributed by atoms with Crippen LogP contribution in [0, 0.1) is 13.8 Å². The quantitative estimate of drug-likeness (QED) is 0.371. The third-order valence-electron chi connectivity index (χ3n) is 6.68. The molecule has 186 valence electrons. The zero-order chi connectivity index (χ0) is 25.4. The van der Waals surface area contributed by atoms with Crippen LogP contribution in [0.25, 0.3) is 16.9 Å². The lowest BCUT2D eigenvalue weighted by molar-refractivity contribution is 0.0947. The van der Waals surface area contributed by atoms with Crippen molar-refractivity contribution in [3.8, 4) is 11.4 Å². The minimum absolute atomic E-state index is 0.107. The smallest absolute Gasteiger partial charge is 0.337 e. The van der Waals surface area contributed by atoms with Crippen LogP contribution in [0.15, 0.2) is 58.4 Å². The number of methoxy groups -OCH3 is 1. The zero-order valence-electron chi connectivity index (χ0n) is 20.6. The van der Waals surface area contributed by atoms with Crippen molar-refractivity contribution in [1.82, 2.24) is 18.7 Å². The van der Waals surface area contributed by atoms with Crippen molar-refractivity contribution >= 4 is 16.9 Å². The lowest BCUT2D eigenvalue weighted by Gasteiger charge is -2.17. The number of benzene rings is 2. The Labute approximate surface area is 207 Å². The molecule has 0 bridgehead atoms. The number of fused-ring (bicyclic) bond motifs is 1. The van der Waals surface area contributed by atoms with Gasteiger partial charge in [-0.1, -0.05) is 30.3 Å². The highest BCUT2D eigenvalue weighted by Crippen LogP contribution is 2.22. The molecule has 0 amide bonds. The first-order valence-corrected chi connectivity index (χ1v) is 11.9.